The minimum atomic E-state index is -0.824. The van der Waals surface area contributed by atoms with Crippen molar-refractivity contribution in [2.24, 2.45) is 0 Å². The Hall–Kier alpha value is -2.78. The van der Waals surface area contributed by atoms with Crippen LogP contribution in [0.5, 0.6) is 0 Å². The van der Waals surface area contributed by atoms with Crippen molar-refractivity contribution in [2.75, 3.05) is 17.2 Å². The average Bonchev–Trinajstić information content (AvgIpc) is 3.26. The lowest BCUT2D eigenvalue weighted by molar-refractivity contribution is -0.111. The molecular formula is C18H17N3O4S2. The molecular weight excluding hydrogens is 386 g/mol. The van der Waals surface area contributed by atoms with Gasteiger partial charge in [-0.15, -0.1) is 11.3 Å². The molecule has 1 aliphatic heterocycles. The predicted octanol–water partition coefficient (Wildman–Crippen LogP) is 3.67. The molecule has 3 amide bonds. The van der Waals surface area contributed by atoms with Crippen LogP contribution in [0, 0.1) is 0 Å². The second-order valence-corrected chi connectivity index (χ2v) is 7.46. The minimum Gasteiger partial charge on any atom is -0.450 e. The smallest absolute Gasteiger partial charge is 0.414 e. The fourth-order valence-electron chi connectivity index (χ4n) is 2.34. The van der Waals surface area contributed by atoms with E-state index in [0.29, 0.717) is 5.00 Å². The summed E-state index contributed by atoms with van der Waals surface area (Å²) >= 11 is 2.81. The van der Waals surface area contributed by atoms with E-state index in [1.807, 2.05) is 24.3 Å². The van der Waals surface area contributed by atoms with Gasteiger partial charge in [0.2, 0.25) is 5.91 Å². The molecule has 1 unspecified atom stereocenters. The molecule has 9 heteroatoms. The topological polar surface area (TPSA) is 96.5 Å². The molecule has 7 nitrogen and oxygen atoms in total. The predicted molar refractivity (Wildman–Crippen MR) is 106 cm³/mol. The number of ether oxygens (including phenoxy) is 1. The Balaban J connectivity index is 1.57. The molecule has 2 heterocycles. The maximum Gasteiger partial charge on any atom is 0.414 e. The second-order valence-electron chi connectivity index (χ2n) is 5.37. The van der Waals surface area contributed by atoms with E-state index in [-0.39, 0.29) is 23.5 Å². The number of carbonyl (C=O) groups is 3. The third-order valence-electron chi connectivity index (χ3n) is 3.50. The normalized spacial score (nSPS) is 15.1. The zero-order chi connectivity index (χ0) is 19.2. The van der Waals surface area contributed by atoms with Gasteiger partial charge >= 0.3 is 6.09 Å². The first-order chi connectivity index (χ1) is 13.1. The summed E-state index contributed by atoms with van der Waals surface area (Å²) in [4.78, 5) is 36.8. The van der Waals surface area contributed by atoms with Gasteiger partial charge in [-0.25, -0.2) is 4.79 Å². The largest absolute Gasteiger partial charge is 0.450 e. The Bertz CT molecular complexity index is 869. The maximum atomic E-state index is 12.2. The lowest BCUT2D eigenvalue weighted by Crippen LogP contribution is -2.31. The Morgan fingerprint density at radius 1 is 1.26 bits per heavy atom. The number of thiophene rings is 1. The lowest BCUT2D eigenvalue weighted by Gasteiger charge is -2.06. The van der Waals surface area contributed by atoms with Crippen LogP contribution in [0.15, 0.2) is 52.8 Å². The van der Waals surface area contributed by atoms with Gasteiger partial charge in [0.25, 0.3) is 5.91 Å². The van der Waals surface area contributed by atoms with E-state index < -0.39 is 12.0 Å². The zero-order valence-corrected chi connectivity index (χ0v) is 16.0. The van der Waals surface area contributed by atoms with E-state index in [2.05, 4.69) is 20.7 Å². The number of carbonyl (C=O) groups excluding carboxylic acids is 3. The number of nitrogens with one attached hydrogen (secondary N) is 3. The summed E-state index contributed by atoms with van der Waals surface area (Å²) in [7, 11) is 0. The number of fused-ring (bicyclic) bond motifs is 1. The van der Waals surface area contributed by atoms with Crippen molar-refractivity contribution >= 4 is 51.7 Å². The van der Waals surface area contributed by atoms with Gasteiger partial charge in [0.05, 0.1) is 17.5 Å². The molecule has 3 N–H and O–H groups in total. The summed E-state index contributed by atoms with van der Waals surface area (Å²) < 4.78 is 4.68. The van der Waals surface area contributed by atoms with Gasteiger partial charge in [-0.1, -0.05) is 23.9 Å². The van der Waals surface area contributed by atoms with Crippen LogP contribution >= 0.6 is 23.1 Å². The van der Waals surface area contributed by atoms with Gasteiger partial charge in [0, 0.05) is 16.7 Å². The van der Waals surface area contributed by atoms with E-state index in [0.717, 1.165) is 10.6 Å². The highest BCUT2D eigenvalue weighted by Gasteiger charge is 2.19. The van der Waals surface area contributed by atoms with Crippen LogP contribution in [-0.2, 0) is 9.53 Å². The van der Waals surface area contributed by atoms with Crippen LogP contribution in [0.2, 0.25) is 0 Å². The van der Waals surface area contributed by atoms with Crippen LogP contribution in [0.25, 0.3) is 0 Å². The molecule has 3 rings (SSSR count). The number of benzene rings is 1. The van der Waals surface area contributed by atoms with Crippen molar-refractivity contribution in [3.8, 4) is 0 Å². The second kappa shape index (κ2) is 8.74. The summed E-state index contributed by atoms with van der Waals surface area (Å²) in [5, 5.41) is 10.0. The highest BCUT2D eigenvalue weighted by Crippen LogP contribution is 2.38. The van der Waals surface area contributed by atoms with E-state index in [4.69, 9.17) is 0 Å². The number of hydrogen-bond donors (Lipinski definition) is 3. The average molecular weight is 403 g/mol. The van der Waals surface area contributed by atoms with Crippen molar-refractivity contribution in [3.63, 3.8) is 0 Å². The lowest BCUT2D eigenvalue weighted by atomic mass is 10.3. The molecule has 0 radical (unpaired) electrons. The van der Waals surface area contributed by atoms with Crippen LogP contribution in [0.4, 0.5) is 15.5 Å². The first kappa shape index (κ1) is 19.0. The monoisotopic (exact) mass is 403 g/mol. The van der Waals surface area contributed by atoms with Crippen LogP contribution < -0.4 is 16.0 Å². The third-order valence-corrected chi connectivity index (χ3v) is 5.47. The standard InChI is InChI=1S/C18H17N3O4S2/c1-2-25-18(24)21-16(23)11-9-10-26-17(11)20-14(22)7-8-15-19-12-5-3-4-6-13(12)27-15/h3-10,15,19H,2H2,1H3,(H,20,22)(H,21,23,24)/b8-7+. The van der Waals surface area contributed by atoms with E-state index in [1.54, 1.807) is 30.1 Å². The molecule has 140 valence electrons. The SMILES string of the molecule is CCOC(=O)NC(=O)c1ccsc1NC(=O)/C=C/C1Nc2ccccc2S1. The Morgan fingerprint density at radius 3 is 2.85 bits per heavy atom. The summed E-state index contributed by atoms with van der Waals surface area (Å²) in [6.07, 6.45) is 2.35. The number of para-hydroxylation sites is 1. The highest BCUT2D eigenvalue weighted by molar-refractivity contribution is 8.00. The van der Waals surface area contributed by atoms with E-state index in [1.165, 1.54) is 23.5 Å². The molecule has 27 heavy (non-hydrogen) atoms. The summed E-state index contributed by atoms with van der Waals surface area (Å²) in [5.74, 6) is -0.988. The van der Waals surface area contributed by atoms with Crippen LogP contribution in [0.3, 0.4) is 0 Å². The summed E-state index contributed by atoms with van der Waals surface area (Å²) in [6, 6.07) is 9.44. The Morgan fingerprint density at radius 2 is 2.07 bits per heavy atom. The van der Waals surface area contributed by atoms with Crippen LogP contribution in [0.1, 0.15) is 17.3 Å². The van der Waals surface area contributed by atoms with Crippen molar-refractivity contribution in [3.05, 3.63) is 53.4 Å². The summed E-state index contributed by atoms with van der Waals surface area (Å²) in [5.41, 5.74) is 1.24. The van der Waals surface area contributed by atoms with Crippen molar-refractivity contribution in [1.29, 1.82) is 0 Å². The van der Waals surface area contributed by atoms with E-state index in [9.17, 15) is 14.4 Å². The third kappa shape index (κ3) is 4.89. The van der Waals surface area contributed by atoms with Crippen molar-refractivity contribution in [2.45, 2.75) is 17.2 Å². The number of anilines is 2. The molecule has 1 aromatic carbocycles. The van der Waals surface area contributed by atoms with Gasteiger partial charge < -0.3 is 15.4 Å². The van der Waals surface area contributed by atoms with Gasteiger partial charge in [0.1, 0.15) is 5.00 Å². The Labute approximate surface area is 164 Å². The van der Waals surface area contributed by atoms with Gasteiger partial charge in [-0.3, -0.25) is 14.9 Å². The first-order valence-corrected chi connectivity index (χ1v) is 9.89. The molecule has 0 bridgehead atoms. The summed E-state index contributed by atoms with van der Waals surface area (Å²) in [6.45, 7) is 1.80. The van der Waals surface area contributed by atoms with Crippen molar-refractivity contribution in [1.82, 2.24) is 5.32 Å². The molecule has 0 saturated heterocycles. The molecule has 1 aliphatic rings. The van der Waals surface area contributed by atoms with Crippen LogP contribution in [-0.4, -0.2) is 29.9 Å². The maximum absolute atomic E-state index is 12.2. The minimum absolute atomic E-state index is 0.0388. The molecule has 0 spiro atoms. The molecule has 0 saturated carbocycles. The molecule has 1 aromatic heterocycles. The fraction of sp³-hybridized carbons (Fsp3) is 0.167. The fourth-order valence-corrected chi connectivity index (χ4v) is 4.15. The van der Waals surface area contributed by atoms with E-state index >= 15 is 0 Å². The van der Waals surface area contributed by atoms with Gasteiger partial charge in [-0.05, 0) is 36.6 Å². The Kier molecular flexibility index (Phi) is 6.15. The molecule has 0 fully saturated rings. The number of amides is 3. The van der Waals surface area contributed by atoms with Gasteiger partial charge in [-0.2, -0.15) is 0 Å². The number of imide groups is 1. The first-order valence-electron chi connectivity index (χ1n) is 8.14. The number of alkyl carbamates (subject to hydrolysis) is 1. The van der Waals surface area contributed by atoms with Crippen molar-refractivity contribution < 1.29 is 19.1 Å². The quantitative estimate of drug-likeness (QED) is 0.659. The number of hydrogen-bond acceptors (Lipinski definition) is 7. The molecule has 0 aliphatic carbocycles. The highest BCUT2D eigenvalue weighted by atomic mass is 32.2. The van der Waals surface area contributed by atoms with Gasteiger partial charge in [0.15, 0.2) is 0 Å². The number of thioether (sulfide) groups is 1. The number of rotatable bonds is 5. The zero-order valence-electron chi connectivity index (χ0n) is 14.4. The molecule has 1 atom stereocenters. The molecule has 2 aromatic rings.